The lowest BCUT2D eigenvalue weighted by Gasteiger charge is -2.04. The minimum absolute atomic E-state index is 0.0624. The topological polar surface area (TPSA) is 70.8 Å². The van der Waals surface area contributed by atoms with E-state index in [1.807, 2.05) is 0 Å². The zero-order valence-corrected chi connectivity index (χ0v) is 7.35. The number of methoxy groups -OCH3 is 1. The Morgan fingerprint density at radius 3 is 2.93 bits per heavy atom. The van der Waals surface area contributed by atoms with E-state index in [9.17, 15) is 10.1 Å². The van der Waals surface area contributed by atoms with Gasteiger partial charge < -0.3 is 14.2 Å². The highest BCUT2D eigenvalue weighted by Crippen LogP contribution is 2.46. The number of hydrogen-bond donors (Lipinski definition) is 0. The first-order chi connectivity index (χ1) is 6.74. The van der Waals surface area contributed by atoms with Crippen molar-refractivity contribution in [1.29, 1.82) is 0 Å². The SMILES string of the molecule is COc1c([N+](=O)[O-])ccc2c1OCO2. The van der Waals surface area contributed by atoms with Crippen molar-refractivity contribution in [2.24, 2.45) is 0 Å². The lowest BCUT2D eigenvalue weighted by atomic mass is 10.2. The van der Waals surface area contributed by atoms with Crippen LogP contribution in [0.2, 0.25) is 0 Å². The predicted molar refractivity (Wildman–Crippen MR) is 45.8 cm³/mol. The van der Waals surface area contributed by atoms with E-state index < -0.39 is 4.92 Å². The molecule has 1 aromatic carbocycles. The van der Waals surface area contributed by atoms with Crippen LogP contribution >= 0.6 is 0 Å². The van der Waals surface area contributed by atoms with Crippen LogP contribution in [-0.2, 0) is 0 Å². The number of nitro benzene ring substituents is 1. The number of nitro groups is 1. The minimum atomic E-state index is -0.527. The molecule has 0 radical (unpaired) electrons. The molecule has 0 bridgehead atoms. The van der Waals surface area contributed by atoms with Gasteiger partial charge in [-0.1, -0.05) is 0 Å². The number of benzene rings is 1. The minimum Gasteiger partial charge on any atom is -0.487 e. The first-order valence-electron chi connectivity index (χ1n) is 3.85. The van der Waals surface area contributed by atoms with Crippen molar-refractivity contribution in [2.75, 3.05) is 13.9 Å². The molecule has 2 rings (SSSR count). The predicted octanol–water partition coefficient (Wildman–Crippen LogP) is 1.33. The van der Waals surface area contributed by atoms with Crippen LogP contribution in [0.1, 0.15) is 0 Å². The largest absolute Gasteiger partial charge is 0.487 e. The Morgan fingerprint density at radius 1 is 1.50 bits per heavy atom. The van der Waals surface area contributed by atoms with Crippen molar-refractivity contribution >= 4 is 5.69 Å². The first kappa shape index (κ1) is 8.61. The average molecular weight is 197 g/mol. The third-order valence-corrected chi connectivity index (χ3v) is 1.87. The summed E-state index contributed by atoms with van der Waals surface area (Å²) in [5.74, 6) is 0.860. The molecule has 0 saturated heterocycles. The van der Waals surface area contributed by atoms with E-state index in [0.29, 0.717) is 11.5 Å². The Hall–Kier alpha value is -1.98. The summed E-state index contributed by atoms with van der Waals surface area (Å²) < 4.78 is 15.0. The highest BCUT2D eigenvalue weighted by Gasteiger charge is 2.27. The fourth-order valence-corrected chi connectivity index (χ4v) is 1.28. The molecule has 0 saturated carbocycles. The molecule has 1 aliphatic rings. The molecule has 1 aliphatic heterocycles. The van der Waals surface area contributed by atoms with Crippen LogP contribution in [-0.4, -0.2) is 18.8 Å². The summed E-state index contributed by atoms with van der Waals surface area (Å²) in [4.78, 5) is 10.1. The van der Waals surface area contributed by atoms with E-state index in [-0.39, 0.29) is 18.2 Å². The number of rotatable bonds is 2. The second kappa shape index (κ2) is 3.06. The summed E-state index contributed by atoms with van der Waals surface area (Å²) in [6.45, 7) is 0.0624. The van der Waals surface area contributed by atoms with Gasteiger partial charge in [0.2, 0.25) is 18.3 Å². The van der Waals surface area contributed by atoms with Gasteiger partial charge in [0.25, 0.3) is 0 Å². The van der Waals surface area contributed by atoms with Gasteiger partial charge in [-0.2, -0.15) is 0 Å². The smallest absolute Gasteiger partial charge is 0.315 e. The van der Waals surface area contributed by atoms with E-state index >= 15 is 0 Å². The van der Waals surface area contributed by atoms with Crippen molar-refractivity contribution < 1.29 is 19.1 Å². The summed E-state index contributed by atoms with van der Waals surface area (Å²) in [7, 11) is 1.35. The molecule has 1 heterocycles. The Balaban J connectivity index is 2.59. The summed E-state index contributed by atoms with van der Waals surface area (Å²) in [6, 6.07) is 2.81. The highest BCUT2D eigenvalue weighted by molar-refractivity contribution is 5.63. The second-order valence-corrected chi connectivity index (χ2v) is 2.61. The van der Waals surface area contributed by atoms with Gasteiger partial charge in [0, 0.05) is 6.07 Å². The number of ether oxygens (including phenoxy) is 3. The van der Waals surface area contributed by atoms with E-state index in [4.69, 9.17) is 14.2 Å². The normalized spacial score (nSPS) is 12.6. The van der Waals surface area contributed by atoms with Crippen LogP contribution < -0.4 is 14.2 Å². The molecule has 0 spiro atoms. The van der Waals surface area contributed by atoms with E-state index in [0.717, 1.165) is 0 Å². The molecular weight excluding hydrogens is 190 g/mol. The Morgan fingerprint density at radius 2 is 2.29 bits per heavy atom. The zero-order valence-electron chi connectivity index (χ0n) is 7.35. The van der Waals surface area contributed by atoms with Gasteiger partial charge in [-0.3, -0.25) is 10.1 Å². The van der Waals surface area contributed by atoms with Crippen LogP contribution in [0.4, 0.5) is 5.69 Å². The van der Waals surface area contributed by atoms with Crippen LogP contribution in [0, 0.1) is 10.1 Å². The van der Waals surface area contributed by atoms with Crippen LogP contribution in [0.3, 0.4) is 0 Å². The molecule has 0 N–H and O–H groups in total. The van der Waals surface area contributed by atoms with E-state index in [1.165, 1.54) is 19.2 Å². The maximum absolute atomic E-state index is 10.6. The standard InChI is InChI=1S/C8H7NO5/c1-12-7-5(9(10)11)2-3-6-8(7)14-4-13-6/h2-3H,4H2,1H3. The third-order valence-electron chi connectivity index (χ3n) is 1.87. The molecule has 0 aliphatic carbocycles. The molecule has 0 aromatic heterocycles. The quantitative estimate of drug-likeness (QED) is 0.528. The maximum atomic E-state index is 10.6. The maximum Gasteiger partial charge on any atom is 0.315 e. The molecule has 0 amide bonds. The van der Waals surface area contributed by atoms with Gasteiger partial charge in [0.1, 0.15) is 0 Å². The van der Waals surface area contributed by atoms with Gasteiger partial charge in [-0.15, -0.1) is 0 Å². The molecule has 1 aromatic rings. The molecule has 0 atom stereocenters. The van der Waals surface area contributed by atoms with E-state index in [2.05, 4.69) is 0 Å². The Labute approximate surface area is 79.1 Å². The monoisotopic (exact) mass is 197 g/mol. The van der Waals surface area contributed by atoms with Gasteiger partial charge in [0.05, 0.1) is 12.0 Å². The summed E-state index contributed by atoms with van der Waals surface area (Å²) in [5, 5.41) is 10.6. The number of fused-ring (bicyclic) bond motifs is 1. The van der Waals surface area contributed by atoms with Gasteiger partial charge in [0.15, 0.2) is 5.75 Å². The van der Waals surface area contributed by atoms with Crippen LogP contribution in [0.15, 0.2) is 12.1 Å². The zero-order chi connectivity index (χ0) is 10.1. The fraction of sp³-hybridized carbons (Fsp3) is 0.250. The second-order valence-electron chi connectivity index (χ2n) is 2.61. The molecule has 0 fully saturated rings. The third kappa shape index (κ3) is 1.12. The lowest BCUT2D eigenvalue weighted by Crippen LogP contribution is -1.96. The van der Waals surface area contributed by atoms with Crippen molar-refractivity contribution in [1.82, 2.24) is 0 Å². The van der Waals surface area contributed by atoms with E-state index in [1.54, 1.807) is 0 Å². The number of nitrogens with zero attached hydrogens (tertiary/aromatic N) is 1. The molecule has 14 heavy (non-hydrogen) atoms. The van der Waals surface area contributed by atoms with Crippen molar-refractivity contribution in [2.45, 2.75) is 0 Å². The summed E-state index contributed by atoms with van der Waals surface area (Å²) >= 11 is 0. The Kier molecular flexibility index (Phi) is 1.88. The van der Waals surface area contributed by atoms with Gasteiger partial charge >= 0.3 is 5.69 Å². The molecule has 74 valence electrons. The first-order valence-corrected chi connectivity index (χ1v) is 3.85. The van der Waals surface area contributed by atoms with Crippen molar-refractivity contribution in [3.63, 3.8) is 0 Å². The van der Waals surface area contributed by atoms with Crippen molar-refractivity contribution in [3.05, 3.63) is 22.2 Å². The van der Waals surface area contributed by atoms with Gasteiger partial charge in [-0.25, -0.2) is 0 Å². The van der Waals surface area contributed by atoms with Crippen LogP contribution in [0.25, 0.3) is 0 Å². The molecule has 0 unspecified atom stereocenters. The number of hydrogen-bond acceptors (Lipinski definition) is 5. The summed E-state index contributed by atoms with van der Waals surface area (Å²) in [6.07, 6.45) is 0. The van der Waals surface area contributed by atoms with Crippen LogP contribution in [0.5, 0.6) is 17.2 Å². The van der Waals surface area contributed by atoms with Crippen molar-refractivity contribution in [3.8, 4) is 17.2 Å². The Bertz CT molecular complexity index is 390. The average Bonchev–Trinajstić information content (AvgIpc) is 2.63. The van der Waals surface area contributed by atoms with Gasteiger partial charge in [-0.05, 0) is 6.07 Å². The molecule has 6 nitrogen and oxygen atoms in total. The molecule has 6 heteroatoms. The lowest BCUT2D eigenvalue weighted by molar-refractivity contribution is -0.385. The fourth-order valence-electron chi connectivity index (χ4n) is 1.28. The summed E-state index contributed by atoms with van der Waals surface area (Å²) in [5.41, 5.74) is -0.128. The highest BCUT2D eigenvalue weighted by atomic mass is 16.7. The molecular formula is C8H7NO5.